The van der Waals surface area contributed by atoms with Crippen molar-refractivity contribution < 1.29 is 43.2 Å². The quantitative estimate of drug-likeness (QED) is 0.196. The van der Waals surface area contributed by atoms with Crippen molar-refractivity contribution in [3.05, 3.63) is 60.8 Å². The van der Waals surface area contributed by atoms with Crippen molar-refractivity contribution in [1.29, 1.82) is 0 Å². The molecule has 1 aliphatic heterocycles. The van der Waals surface area contributed by atoms with Crippen LogP contribution in [0.1, 0.15) is 40.5 Å². The van der Waals surface area contributed by atoms with Gasteiger partial charge >= 0.3 is 23.9 Å². The number of ether oxygens (including phenoxy) is 4. The number of hydrogen-bond donors (Lipinski definition) is 1. The number of carbonyl (C=O) groups excluding carboxylic acids is 4. The molecule has 4 atom stereocenters. The van der Waals surface area contributed by atoms with Crippen molar-refractivity contribution in [1.82, 2.24) is 0 Å². The first-order valence-electron chi connectivity index (χ1n) is 10.8. The van der Waals surface area contributed by atoms with Crippen molar-refractivity contribution in [2.24, 2.45) is 0 Å². The third-order valence-corrected chi connectivity index (χ3v) is 4.44. The van der Waals surface area contributed by atoms with Gasteiger partial charge in [-0.05, 0) is 25.2 Å². The van der Waals surface area contributed by atoms with Gasteiger partial charge in [-0.3, -0.25) is 14.4 Å². The average molecular weight is 477 g/mol. The van der Waals surface area contributed by atoms with Crippen LogP contribution < -0.4 is 0 Å². The minimum atomic E-state index is -1.64. The van der Waals surface area contributed by atoms with Crippen LogP contribution in [0, 0.1) is 0 Å². The minimum absolute atomic E-state index is 0.0203. The van der Waals surface area contributed by atoms with E-state index in [4.69, 9.17) is 18.9 Å². The van der Waals surface area contributed by atoms with Gasteiger partial charge in [-0.2, -0.15) is 0 Å². The predicted molar refractivity (Wildman–Crippen MR) is 123 cm³/mol. The maximum Gasteiger partial charge on any atom is 0.331 e. The van der Waals surface area contributed by atoms with Crippen LogP contribution in [0.25, 0.3) is 0 Å². The van der Waals surface area contributed by atoms with E-state index in [1.807, 2.05) is 0 Å². The maximum absolute atomic E-state index is 11.7. The number of rotatable bonds is 12. The molecule has 0 radical (unpaired) electrons. The van der Waals surface area contributed by atoms with Gasteiger partial charge in [0.2, 0.25) is 0 Å². The fourth-order valence-corrected chi connectivity index (χ4v) is 2.87. The predicted octanol–water partition coefficient (Wildman–Crippen LogP) is 2.65. The van der Waals surface area contributed by atoms with Crippen molar-refractivity contribution in [2.75, 3.05) is 6.61 Å². The van der Waals surface area contributed by atoms with Gasteiger partial charge in [0.1, 0.15) is 30.5 Å². The van der Waals surface area contributed by atoms with Gasteiger partial charge in [0.25, 0.3) is 0 Å². The first-order chi connectivity index (χ1) is 16.0. The largest absolute Gasteiger partial charge is 0.462 e. The van der Waals surface area contributed by atoms with Crippen LogP contribution in [0.15, 0.2) is 60.8 Å². The van der Waals surface area contributed by atoms with Gasteiger partial charge in [-0.15, -0.1) is 0 Å². The number of aliphatic hydroxyl groups is 1. The molecule has 9 nitrogen and oxygen atoms in total. The third kappa shape index (κ3) is 12.5. The molecule has 0 bridgehead atoms. The molecule has 0 aromatic carbocycles. The molecular weight excluding hydrogens is 444 g/mol. The Labute approximate surface area is 199 Å². The van der Waals surface area contributed by atoms with Gasteiger partial charge in [0, 0.05) is 39.7 Å². The first kappa shape index (κ1) is 28.6. The summed E-state index contributed by atoms with van der Waals surface area (Å²) in [5, 5.41) is 11.0. The van der Waals surface area contributed by atoms with Crippen molar-refractivity contribution in [2.45, 2.75) is 64.4 Å². The van der Waals surface area contributed by atoms with Crippen LogP contribution in [0.2, 0.25) is 0 Å². The van der Waals surface area contributed by atoms with Gasteiger partial charge < -0.3 is 24.1 Å². The number of allylic oxidation sites excluding steroid dienone is 4. The van der Waals surface area contributed by atoms with Crippen LogP contribution in [0.4, 0.5) is 0 Å². The molecule has 186 valence electrons. The lowest BCUT2D eigenvalue weighted by atomic mass is 9.92. The highest BCUT2D eigenvalue weighted by molar-refractivity contribution is 5.82. The van der Waals surface area contributed by atoms with Crippen LogP contribution in [0.3, 0.4) is 0 Å². The Kier molecular flexibility index (Phi) is 12.3. The number of carbonyl (C=O) groups is 4. The van der Waals surface area contributed by atoms with E-state index in [-0.39, 0.29) is 19.0 Å². The lowest BCUT2D eigenvalue weighted by Crippen LogP contribution is -2.43. The second-order valence-electron chi connectivity index (χ2n) is 7.68. The molecule has 1 rings (SSSR count). The molecule has 0 aromatic heterocycles. The molecule has 9 heteroatoms. The zero-order chi connectivity index (χ0) is 25.6. The molecule has 1 N–H and O–H groups in total. The Morgan fingerprint density at radius 2 is 1.79 bits per heavy atom. The molecule has 0 fully saturated rings. The van der Waals surface area contributed by atoms with E-state index in [2.05, 4.69) is 0 Å². The number of cyclic esters (lactones) is 1. The van der Waals surface area contributed by atoms with E-state index in [0.717, 1.165) is 0 Å². The van der Waals surface area contributed by atoms with Crippen LogP contribution >= 0.6 is 0 Å². The van der Waals surface area contributed by atoms with Crippen LogP contribution in [-0.4, -0.2) is 59.5 Å². The zero-order valence-corrected chi connectivity index (χ0v) is 19.8. The lowest BCUT2D eigenvalue weighted by molar-refractivity contribution is -0.161. The minimum Gasteiger partial charge on any atom is -0.462 e. The highest BCUT2D eigenvalue weighted by atomic mass is 16.6. The highest BCUT2D eigenvalue weighted by Gasteiger charge is 2.35. The Morgan fingerprint density at radius 3 is 2.41 bits per heavy atom. The topological polar surface area (TPSA) is 125 Å². The maximum atomic E-state index is 11.7. The monoisotopic (exact) mass is 476 g/mol. The standard InChI is InChI=1S/C25H32O9/c1-18(26)31-16-9-7-5-6-8-11-22(32-19(2)27)17-23(33-20(3)28)25(4,30)15-14-21-12-10-13-24(29)34-21/h5-11,13-15,21-23,30H,12,16-17H2,1-4H3. The third-order valence-electron chi connectivity index (χ3n) is 4.44. The van der Waals surface area contributed by atoms with E-state index in [1.54, 1.807) is 42.5 Å². The van der Waals surface area contributed by atoms with E-state index in [9.17, 15) is 24.3 Å². The average Bonchev–Trinajstić information content (AvgIpc) is 2.72. The van der Waals surface area contributed by atoms with Gasteiger partial charge in [0.15, 0.2) is 0 Å². The number of hydrogen-bond acceptors (Lipinski definition) is 9. The molecule has 1 heterocycles. The van der Waals surface area contributed by atoms with Gasteiger partial charge in [0.05, 0.1) is 0 Å². The molecule has 4 unspecified atom stereocenters. The van der Waals surface area contributed by atoms with Crippen molar-refractivity contribution >= 4 is 23.9 Å². The van der Waals surface area contributed by atoms with Gasteiger partial charge in [-0.1, -0.05) is 36.5 Å². The molecule has 0 spiro atoms. The normalized spacial score (nSPS) is 19.8. The summed E-state index contributed by atoms with van der Waals surface area (Å²) in [5.41, 5.74) is -1.64. The molecule has 34 heavy (non-hydrogen) atoms. The van der Waals surface area contributed by atoms with E-state index in [0.29, 0.717) is 6.42 Å². The Morgan fingerprint density at radius 1 is 1.12 bits per heavy atom. The van der Waals surface area contributed by atoms with E-state index in [1.165, 1.54) is 45.9 Å². The molecule has 0 aromatic rings. The number of esters is 4. The molecule has 0 amide bonds. The second kappa shape index (κ2) is 14.6. The Bertz CT molecular complexity index is 862. The Balaban J connectivity index is 2.89. The lowest BCUT2D eigenvalue weighted by Gasteiger charge is -2.32. The summed E-state index contributed by atoms with van der Waals surface area (Å²) in [4.78, 5) is 45.3. The molecule has 1 aliphatic rings. The fourth-order valence-electron chi connectivity index (χ4n) is 2.87. The first-order valence-corrected chi connectivity index (χ1v) is 10.8. The van der Waals surface area contributed by atoms with Crippen molar-refractivity contribution in [3.8, 4) is 0 Å². The molecular formula is C25H32O9. The molecule has 0 saturated heterocycles. The highest BCUT2D eigenvalue weighted by Crippen LogP contribution is 2.23. The smallest absolute Gasteiger partial charge is 0.331 e. The molecule has 0 aliphatic carbocycles. The summed E-state index contributed by atoms with van der Waals surface area (Å²) in [6, 6.07) is 0. The van der Waals surface area contributed by atoms with Crippen LogP contribution in [0.5, 0.6) is 0 Å². The Hall–Kier alpha value is -3.46. The summed E-state index contributed by atoms with van der Waals surface area (Å²) >= 11 is 0. The summed E-state index contributed by atoms with van der Waals surface area (Å²) < 4.78 is 20.5. The molecule has 0 saturated carbocycles. The van der Waals surface area contributed by atoms with E-state index >= 15 is 0 Å². The zero-order valence-electron chi connectivity index (χ0n) is 19.8. The summed E-state index contributed by atoms with van der Waals surface area (Å²) in [6.45, 7) is 5.38. The second-order valence-corrected chi connectivity index (χ2v) is 7.68. The van der Waals surface area contributed by atoms with Crippen LogP contribution in [-0.2, 0) is 38.1 Å². The SMILES string of the molecule is CC(=O)OCC=CC=CC=CC(CC(OC(C)=O)C(C)(O)C=CC1CC=CC(=O)O1)OC(C)=O. The summed E-state index contributed by atoms with van der Waals surface area (Å²) in [5.74, 6) is -2.01. The summed E-state index contributed by atoms with van der Waals surface area (Å²) in [6.07, 6.45) is 13.9. The fraction of sp³-hybridized carbons (Fsp3) is 0.440. The van der Waals surface area contributed by atoms with Crippen molar-refractivity contribution in [3.63, 3.8) is 0 Å². The van der Waals surface area contributed by atoms with Gasteiger partial charge in [-0.25, -0.2) is 4.79 Å². The summed E-state index contributed by atoms with van der Waals surface area (Å²) in [7, 11) is 0. The van der Waals surface area contributed by atoms with E-state index < -0.39 is 41.8 Å².